The number of benzene rings is 1. The summed E-state index contributed by atoms with van der Waals surface area (Å²) in [5, 5.41) is 14.4. The van der Waals surface area contributed by atoms with Crippen LogP contribution in [0.3, 0.4) is 0 Å². The lowest BCUT2D eigenvalue weighted by atomic mass is 10.0. The van der Waals surface area contributed by atoms with Gasteiger partial charge in [0.05, 0.1) is 24.7 Å². The molecule has 0 saturated carbocycles. The summed E-state index contributed by atoms with van der Waals surface area (Å²) in [7, 11) is 1.33. The van der Waals surface area contributed by atoms with E-state index in [0.717, 1.165) is 41.2 Å². The number of thiophene rings is 1. The van der Waals surface area contributed by atoms with Gasteiger partial charge in [0, 0.05) is 17.5 Å². The van der Waals surface area contributed by atoms with Crippen molar-refractivity contribution in [1.82, 2.24) is 14.8 Å². The zero-order chi connectivity index (χ0) is 24.1. The Kier molecular flexibility index (Phi) is 7.49. The number of methoxy groups -OCH3 is 1. The smallest absolute Gasteiger partial charge is 0.341 e. The normalized spacial score (nSPS) is 10.9. The van der Waals surface area contributed by atoms with E-state index >= 15 is 0 Å². The van der Waals surface area contributed by atoms with E-state index in [-0.39, 0.29) is 11.7 Å². The van der Waals surface area contributed by atoms with Crippen molar-refractivity contribution < 1.29 is 18.7 Å². The van der Waals surface area contributed by atoms with Crippen LogP contribution in [0.4, 0.5) is 5.00 Å². The van der Waals surface area contributed by atoms with Gasteiger partial charge in [0.25, 0.3) is 0 Å². The summed E-state index contributed by atoms with van der Waals surface area (Å²) in [6.45, 7) is 4.67. The second kappa shape index (κ2) is 10.7. The van der Waals surface area contributed by atoms with Gasteiger partial charge < -0.3 is 19.0 Å². The van der Waals surface area contributed by atoms with Crippen molar-refractivity contribution in [3.05, 3.63) is 59.4 Å². The largest absolute Gasteiger partial charge is 0.469 e. The van der Waals surface area contributed by atoms with Crippen molar-refractivity contribution in [3.63, 3.8) is 0 Å². The van der Waals surface area contributed by atoms with Crippen LogP contribution in [0.25, 0.3) is 22.5 Å². The molecule has 0 fully saturated rings. The van der Waals surface area contributed by atoms with Gasteiger partial charge in [0.1, 0.15) is 16.3 Å². The third-order valence-electron chi connectivity index (χ3n) is 5.11. The lowest BCUT2D eigenvalue weighted by molar-refractivity contribution is -0.113. The fourth-order valence-corrected chi connectivity index (χ4v) is 5.25. The topological polar surface area (TPSA) is 99.2 Å². The van der Waals surface area contributed by atoms with Crippen LogP contribution in [0, 0.1) is 6.92 Å². The molecule has 0 spiro atoms. The number of carbonyl (C=O) groups excluding carboxylic acids is 2. The Morgan fingerprint density at radius 3 is 2.65 bits per heavy atom. The minimum atomic E-state index is -0.495. The van der Waals surface area contributed by atoms with E-state index in [2.05, 4.69) is 22.4 Å². The van der Waals surface area contributed by atoms with E-state index in [1.165, 1.54) is 30.2 Å². The number of carbonyl (C=O) groups is 2. The van der Waals surface area contributed by atoms with Gasteiger partial charge in [-0.05, 0) is 25.0 Å². The molecule has 1 aromatic carbocycles. The van der Waals surface area contributed by atoms with Gasteiger partial charge in [-0.2, -0.15) is 0 Å². The lowest BCUT2D eigenvalue weighted by Gasteiger charge is -2.09. The quantitative estimate of drug-likeness (QED) is 0.241. The third-order valence-corrected chi connectivity index (χ3v) is 6.98. The molecular weight excluding hydrogens is 472 g/mol. The number of aromatic nitrogens is 3. The summed E-state index contributed by atoms with van der Waals surface area (Å²) in [6, 6.07) is 11.4. The zero-order valence-corrected chi connectivity index (χ0v) is 20.7. The molecule has 0 radical (unpaired) electrons. The Balaban J connectivity index is 1.51. The lowest BCUT2D eigenvalue weighted by Crippen LogP contribution is -2.16. The van der Waals surface area contributed by atoms with Gasteiger partial charge in [-0.3, -0.25) is 4.79 Å². The molecule has 3 heterocycles. The number of hydrogen-bond donors (Lipinski definition) is 1. The van der Waals surface area contributed by atoms with E-state index < -0.39 is 5.97 Å². The first-order valence-electron chi connectivity index (χ1n) is 10.7. The molecule has 1 amide bonds. The maximum atomic E-state index is 12.8. The maximum absolute atomic E-state index is 12.8. The molecule has 176 valence electrons. The molecule has 8 nitrogen and oxygen atoms in total. The van der Waals surface area contributed by atoms with Gasteiger partial charge in [0.15, 0.2) is 11.0 Å². The molecule has 0 saturated heterocycles. The van der Waals surface area contributed by atoms with Crippen LogP contribution in [-0.4, -0.2) is 39.5 Å². The van der Waals surface area contributed by atoms with Gasteiger partial charge >= 0.3 is 5.97 Å². The molecule has 4 aromatic rings. The van der Waals surface area contributed by atoms with Crippen molar-refractivity contribution in [1.29, 1.82) is 0 Å². The highest BCUT2D eigenvalue weighted by molar-refractivity contribution is 7.99. The van der Waals surface area contributed by atoms with Crippen molar-refractivity contribution in [3.8, 4) is 22.5 Å². The van der Waals surface area contributed by atoms with Gasteiger partial charge in [-0.25, -0.2) is 4.79 Å². The van der Waals surface area contributed by atoms with Crippen LogP contribution in [0.1, 0.15) is 29.5 Å². The van der Waals surface area contributed by atoms with E-state index in [4.69, 9.17) is 9.15 Å². The van der Waals surface area contributed by atoms with E-state index in [0.29, 0.717) is 15.7 Å². The van der Waals surface area contributed by atoms with Crippen molar-refractivity contribution in [2.45, 2.75) is 32.0 Å². The Morgan fingerprint density at radius 1 is 1.18 bits per heavy atom. The first-order chi connectivity index (χ1) is 16.5. The van der Waals surface area contributed by atoms with Crippen LogP contribution < -0.4 is 5.32 Å². The SMILES string of the molecule is CCCn1c(SCC(=O)Nc2scc(-c3ccccc3)c2C(=O)OC)nnc1-c1ccoc1C. The van der Waals surface area contributed by atoms with Crippen molar-refractivity contribution in [2.24, 2.45) is 0 Å². The number of esters is 1. The molecule has 34 heavy (non-hydrogen) atoms. The zero-order valence-electron chi connectivity index (χ0n) is 19.0. The fourth-order valence-electron chi connectivity index (χ4n) is 3.51. The first-order valence-corrected chi connectivity index (χ1v) is 12.6. The standard InChI is InChI=1S/C24H24N4O4S2/c1-4-11-28-21(17-10-12-32-15(17)2)26-27-24(28)34-14-19(29)25-22-20(23(30)31-3)18(13-33-22)16-8-6-5-7-9-16/h5-10,12-13H,4,11,14H2,1-3H3,(H,25,29). The fraction of sp³-hybridized carbons (Fsp3) is 0.250. The summed E-state index contributed by atoms with van der Waals surface area (Å²) in [6.07, 6.45) is 2.52. The van der Waals surface area contributed by atoms with Crippen LogP contribution in [0.15, 0.2) is 57.6 Å². The predicted molar refractivity (Wildman–Crippen MR) is 133 cm³/mol. The van der Waals surface area contributed by atoms with Gasteiger partial charge in [0.2, 0.25) is 5.91 Å². The molecule has 0 atom stereocenters. The average Bonchev–Trinajstić information content (AvgIpc) is 3.56. The number of aryl methyl sites for hydroxylation is 1. The summed E-state index contributed by atoms with van der Waals surface area (Å²) < 4.78 is 12.4. The highest BCUT2D eigenvalue weighted by Gasteiger charge is 2.23. The summed E-state index contributed by atoms with van der Waals surface area (Å²) in [5.41, 5.74) is 2.84. The highest BCUT2D eigenvalue weighted by Crippen LogP contribution is 2.36. The number of nitrogens with one attached hydrogen (secondary N) is 1. The van der Waals surface area contributed by atoms with Gasteiger partial charge in [-0.15, -0.1) is 21.5 Å². The second-order valence-corrected chi connectivity index (χ2v) is 9.22. The summed E-state index contributed by atoms with van der Waals surface area (Å²) >= 11 is 2.59. The number of nitrogens with zero attached hydrogens (tertiary/aromatic N) is 3. The minimum Gasteiger partial charge on any atom is -0.469 e. The maximum Gasteiger partial charge on any atom is 0.341 e. The molecule has 0 unspecified atom stereocenters. The molecule has 0 aliphatic rings. The van der Waals surface area contributed by atoms with Gasteiger partial charge in [-0.1, -0.05) is 49.0 Å². The summed E-state index contributed by atoms with van der Waals surface area (Å²) in [4.78, 5) is 25.3. The number of amides is 1. The second-order valence-electron chi connectivity index (χ2n) is 7.40. The van der Waals surface area contributed by atoms with Crippen LogP contribution in [0.2, 0.25) is 0 Å². The number of furan rings is 1. The molecule has 3 aromatic heterocycles. The van der Waals surface area contributed by atoms with Crippen LogP contribution in [0.5, 0.6) is 0 Å². The first kappa shape index (κ1) is 23.8. The van der Waals surface area contributed by atoms with E-state index in [1.807, 2.05) is 53.3 Å². The number of hydrogen-bond acceptors (Lipinski definition) is 8. The minimum absolute atomic E-state index is 0.116. The Labute approximate surface area is 205 Å². The number of thioether (sulfide) groups is 1. The average molecular weight is 497 g/mol. The van der Waals surface area contributed by atoms with Crippen molar-refractivity contribution in [2.75, 3.05) is 18.2 Å². The molecule has 0 aliphatic carbocycles. The Morgan fingerprint density at radius 2 is 1.97 bits per heavy atom. The predicted octanol–water partition coefficient (Wildman–Crippen LogP) is 5.50. The molecule has 4 rings (SSSR count). The molecule has 0 bridgehead atoms. The number of anilines is 1. The highest BCUT2D eigenvalue weighted by atomic mass is 32.2. The van der Waals surface area contributed by atoms with E-state index in [1.54, 1.807) is 6.26 Å². The molecular formula is C24H24N4O4S2. The molecule has 1 N–H and O–H groups in total. The molecule has 0 aliphatic heterocycles. The van der Waals surface area contributed by atoms with Crippen LogP contribution in [-0.2, 0) is 16.1 Å². The Hall–Kier alpha value is -3.37. The Bertz CT molecular complexity index is 1290. The third kappa shape index (κ3) is 4.92. The molecule has 10 heteroatoms. The van der Waals surface area contributed by atoms with Crippen LogP contribution >= 0.6 is 23.1 Å². The monoisotopic (exact) mass is 496 g/mol. The number of ether oxygens (including phenoxy) is 1. The van der Waals surface area contributed by atoms with E-state index in [9.17, 15) is 9.59 Å². The number of rotatable bonds is 9. The van der Waals surface area contributed by atoms with Crippen molar-refractivity contribution >= 4 is 40.0 Å². The summed E-state index contributed by atoms with van der Waals surface area (Å²) in [5.74, 6) is 0.858.